The van der Waals surface area contributed by atoms with Crippen LogP contribution in [0.3, 0.4) is 0 Å². The number of halogens is 1. The molecule has 0 aliphatic carbocycles. The lowest BCUT2D eigenvalue weighted by atomic mass is 10.00. The molecule has 13 nitrogen and oxygen atoms in total. The van der Waals surface area contributed by atoms with Gasteiger partial charge in [0.2, 0.25) is 23.5 Å². The molecule has 0 saturated carbocycles. The Morgan fingerprint density at radius 1 is 1.11 bits per heavy atom. The topological polar surface area (TPSA) is 171 Å². The smallest absolute Gasteiger partial charge is 0.252 e. The van der Waals surface area contributed by atoms with Gasteiger partial charge in [-0.2, -0.15) is 4.80 Å². The Morgan fingerprint density at radius 2 is 1.84 bits per heavy atom. The maximum absolute atomic E-state index is 13.3. The van der Waals surface area contributed by atoms with E-state index in [1.807, 2.05) is 13.0 Å². The Kier molecular flexibility index (Phi) is 11.3. The summed E-state index contributed by atoms with van der Waals surface area (Å²) in [5, 5.41) is 30.8. The van der Waals surface area contributed by atoms with Gasteiger partial charge in [-0.1, -0.05) is 6.07 Å². The normalized spacial score (nSPS) is 19.2. The number of aliphatic hydroxyl groups excluding tert-OH is 1. The molecule has 2 bridgehead atoms. The SMILES string of the molecule is Cc1ccc2cc1CCCNC(=O)CN(C(=O)CCCn1nnc(-c3ccc(F)cc3)n1)C[C@@H](C)NC(=O)[C@H]([C@@H](C)O)NC2=O. The van der Waals surface area contributed by atoms with Crippen LogP contribution in [0.25, 0.3) is 11.4 Å². The maximum Gasteiger partial charge on any atom is 0.252 e. The molecule has 2 aromatic carbocycles. The van der Waals surface area contributed by atoms with Crippen molar-refractivity contribution in [2.75, 3.05) is 19.6 Å². The minimum Gasteiger partial charge on any atom is -0.391 e. The molecule has 3 atom stereocenters. The Balaban J connectivity index is 1.43. The Labute approximate surface area is 260 Å². The minimum atomic E-state index is -1.23. The van der Waals surface area contributed by atoms with Crippen molar-refractivity contribution < 1.29 is 28.7 Å². The van der Waals surface area contributed by atoms with Crippen LogP contribution in [0.2, 0.25) is 0 Å². The van der Waals surface area contributed by atoms with E-state index in [0.717, 1.165) is 11.1 Å². The number of rotatable bonds is 6. The molecule has 14 heteroatoms. The van der Waals surface area contributed by atoms with Gasteiger partial charge in [-0.25, -0.2) is 4.39 Å². The van der Waals surface area contributed by atoms with E-state index in [4.69, 9.17) is 0 Å². The molecule has 1 aliphatic rings. The fraction of sp³-hybridized carbons (Fsp3) is 0.452. The number of carbonyl (C=O) groups excluding carboxylic acids is 4. The largest absolute Gasteiger partial charge is 0.391 e. The summed E-state index contributed by atoms with van der Waals surface area (Å²) < 4.78 is 13.2. The van der Waals surface area contributed by atoms with Crippen molar-refractivity contribution in [1.82, 2.24) is 41.1 Å². The summed E-state index contributed by atoms with van der Waals surface area (Å²) in [6.07, 6.45) is 0.453. The lowest BCUT2D eigenvalue weighted by molar-refractivity contribution is -0.137. The van der Waals surface area contributed by atoms with Gasteiger partial charge in [0, 0.05) is 36.7 Å². The second-order valence-corrected chi connectivity index (χ2v) is 11.3. The van der Waals surface area contributed by atoms with Crippen molar-refractivity contribution in [1.29, 1.82) is 0 Å². The summed E-state index contributed by atoms with van der Waals surface area (Å²) in [4.78, 5) is 55.0. The predicted octanol–water partition coefficient (Wildman–Crippen LogP) is 1.14. The van der Waals surface area contributed by atoms with Gasteiger partial charge in [-0.3, -0.25) is 19.2 Å². The van der Waals surface area contributed by atoms with Gasteiger partial charge in [-0.15, -0.1) is 10.2 Å². The maximum atomic E-state index is 13.3. The molecular formula is C31H39FN8O5. The number of amides is 4. The highest BCUT2D eigenvalue weighted by Gasteiger charge is 2.28. The van der Waals surface area contributed by atoms with Gasteiger partial charge in [-0.05, 0) is 92.8 Å². The van der Waals surface area contributed by atoms with Gasteiger partial charge >= 0.3 is 0 Å². The van der Waals surface area contributed by atoms with Crippen molar-refractivity contribution in [3.63, 3.8) is 0 Å². The molecule has 4 amide bonds. The molecule has 0 fully saturated rings. The van der Waals surface area contributed by atoms with Gasteiger partial charge in [0.15, 0.2) is 0 Å². The number of aromatic nitrogens is 4. The van der Waals surface area contributed by atoms with Crippen molar-refractivity contribution in [3.05, 3.63) is 65.0 Å². The molecule has 2 heterocycles. The van der Waals surface area contributed by atoms with E-state index in [0.29, 0.717) is 42.8 Å². The average molecular weight is 623 g/mol. The van der Waals surface area contributed by atoms with Gasteiger partial charge in [0.05, 0.1) is 19.2 Å². The Morgan fingerprint density at radius 3 is 2.58 bits per heavy atom. The molecule has 0 radical (unpaired) electrons. The molecule has 3 aromatic rings. The zero-order valence-electron chi connectivity index (χ0n) is 25.6. The van der Waals surface area contributed by atoms with Gasteiger partial charge in [0.1, 0.15) is 11.9 Å². The van der Waals surface area contributed by atoms with E-state index >= 15 is 0 Å². The fourth-order valence-electron chi connectivity index (χ4n) is 4.99. The first kappa shape index (κ1) is 33.2. The van der Waals surface area contributed by atoms with Crippen LogP contribution in [0.1, 0.15) is 54.6 Å². The van der Waals surface area contributed by atoms with Crippen LogP contribution in [-0.2, 0) is 27.3 Å². The summed E-state index contributed by atoms with van der Waals surface area (Å²) in [5.74, 6) is -1.80. The van der Waals surface area contributed by atoms with Crippen LogP contribution in [0.15, 0.2) is 42.5 Å². The first-order valence-corrected chi connectivity index (χ1v) is 15.0. The highest BCUT2D eigenvalue weighted by Crippen LogP contribution is 2.15. The summed E-state index contributed by atoms with van der Waals surface area (Å²) in [6, 6.07) is 9.10. The Hall–Kier alpha value is -4.72. The van der Waals surface area contributed by atoms with Crippen LogP contribution >= 0.6 is 0 Å². The number of hydrogen-bond donors (Lipinski definition) is 4. The zero-order valence-corrected chi connectivity index (χ0v) is 25.6. The number of hydrogen-bond acceptors (Lipinski definition) is 8. The van der Waals surface area contributed by atoms with Crippen LogP contribution in [-0.4, -0.2) is 91.7 Å². The first-order valence-electron chi connectivity index (χ1n) is 15.0. The molecule has 45 heavy (non-hydrogen) atoms. The van der Waals surface area contributed by atoms with Crippen molar-refractivity contribution in [2.45, 2.75) is 71.2 Å². The lowest BCUT2D eigenvalue weighted by Crippen LogP contribution is -2.56. The number of tetrazole rings is 1. The van der Waals surface area contributed by atoms with Gasteiger partial charge < -0.3 is 26.0 Å². The zero-order chi connectivity index (χ0) is 32.5. The number of carbonyl (C=O) groups is 4. The second-order valence-electron chi connectivity index (χ2n) is 11.3. The lowest BCUT2D eigenvalue weighted by Gasteiger charge is -2.28. The molecule has 240 valence electrons. The number of nitrogens with zero attached hydrogens (tertiary/aromatic N) is 5. The minimum absolute atomic E-state index is 0.0226. The van der Waals surface area contributed by atoms with Crippen LogP contribution in [0.4, 0.5) is 4.39 Å². The standard InChI is InChI=1S/C31H39FN8O5/c1-19-8-9-24-16-23(19)6-4-14-33-26(42)18-39(17-20(2)34-31(45)28(21(3)41)35-30(24)44)27(43)7-5-15-40-37-29(36-38-40)22-10-12-25(32)13-11-22/h8-13,16,20-21,28,41H,4-7,14-15,17-18H2,1-3H3,(H,33,42)(H,34,45)(H,35,44)/t20-,21-,28+/m1/s1. The molecular weight excluding hydrogens is 583 g/mol. The highest BCUT2D eigenvalue weighted by molar-refractivity contribution is 5.98. The van der Waals surface area contributed by atoms with Crippen LogP contribution < -0.4 is 16.0 Å². The van der Waals surface area contributed by atoms with E-state index in [-0.39, 0.29) is 43.7 Å². The van der Waals surface area contributed by atoms with E-state index in [1.54, 1.807) is 31.2 Å². The monoisotopic (exact) mass is 622 g/mol. The van der Waals surface area contributed by atoms with Crippen molar-refractivity contribution in [2.24, 2.45) is 0 Å². The second kappa shape index (κ2) is 15.3. The van der Waals surface area contributed by atoms with E-state index in [9.17, 15) is 28.7 Å². The number of aryl methyl sites for hydroxylation is 3. The predicted molar refractivity (Wildman–Crippen MR) is 162 cm³/mol. The van der Waals surface area contributed by atoms with Crippen LogP contribution in [0.5, 0.6) is 0 Å². The summed E-state index contributed by atoms with van der Waals surface area (Å²) in [6.45, 7) is 5.48. The molecule has 4 rings (SSSR count). The molecule has 0 spiro atoms. The molecule has 1 aliphatic heterocycles. The number of fused-ring (bicyclic) bond motifs is 2. The summed E-state index contributed by atoms with van der Waals surface area (Å²) in [7, 11) is 0. The van der Waals surface area contributed by atoms with Crippen molar-refractivity contribution in [3.8, 4) is 11.4 Å². The van der Waals surface area contributed by atoms with Crippen molar-refractivity contribution >= 4 is 23.6 Å². The molecule has 4 N–H and O–H groups in total. The third-order valence-corrected chi connectivity index (χ3v) is 7.48. The van der Waals surface area contributed by atoms with E-state index < -0.39 is 30.0 Å². The Bertz CT molecular complexity index is 1510. The summed E-state index contributed by atoms with van der Waals surface area (Å²) >= 11 is 0. The first-order chi connectivity index (χ1) is 21.5. The van der Waals surface area contributed by atoms with E-state index in [2.05, 4.69) is 31.4 Å². The fourth-order valence-corrected chi connectivity index (χ4v) is 4.99. The summed E-state index contributed by atoms with van der Waals surface area (Å²) in [5.41, 5.74) is 2.88. The quantitative estimate of drug-likeness (QED) is 0.317. The van der Waals surface area contributed by atoms with E-state index in [1.165, 1.54) is 28.8 Å². The number of aliphatic hydroxyl groups is 1. The number of nitrogens with one attached hydrogen (secondary N) is 3. The molecule has 0 unspecified atom stereocenters. The van der Waals surface area contributed by atoms with Crippen LogP contribution in [0, 0.1) is 12.7 Å². The third kappa shape index (κ3) is 9.38. The molecule has 1 aromatic heterocycles. The van der Waals surface area contributed by atoms with Gasteiger partial charge in [0.25, 0.3) is 5.91 Å². The third-order valence-electron chi connectivity index (χ3n) is 7.48. The molecule has 0 saturated heterocycles. The average Bonchev–Trinajstić information content (AvgIpc) is 3.46. The highest BCUT2D eigenvalue weighted by atomic mass is 19.1. The number of benzene rings is 2.